The molecular weight excluding hydrogens is 591 g/mol. The second-order valence-electron chi connectivity index (χ2n) is 12.1. The Balaban J connectivity index is 1.22. The molecular formula is C44H27NOS. The first-order chi connectivity index (χ1) is 23.3. The van der Waals surface area contributed by atoms with Crippen molar-refractivity contribution >= 4 is 92.1 Å². The number of hydrogen-bond acceptors (Lipinski definition) is 3. The molecule has 0 saturated carbocycles. The normalized spacial score (nSPS) is 11.8. The summed E-state index contributed by atoms with van der Waals surface area (Å²) >= 11 is 1.86. The van der Waals surface area contributed by atoms with Gasteiger partial charge in [-0.05, 0) is 87.3 Å². The first-order valence-electron chi connectivity index (χ1n) is 15.9. The molecule has 0 bridgehead atoms. The van der Waals surface area contributed by atoms with Crippen molar-refractivity contribution in [2.45, 2.75) is 0 Å². The fourth-order valence-corrected chi connectivity index (χ4v) is 8.38. The van der Waals surface area contributed by atoms with E-state index in [1.807, 2.05) is 23.5 Å². The van der Waals surface area contributed by atoms with Gasteiger partial charge in [-0.3, -0.25) is 0 Å². The maximum Gasteiger partial charge on any atom is 0.136 e. The van der Waals surface area contributed by atoms with Gasteiger partial charge < -0.3 is 9.32 Å². The Morgan fingerprint density at radius 2 is 1.09 bits per heavy atom. The quantitative estimate of drug-likeness (QED) is 0.183. The fourth-order valence-electron chi connectivity index (χ4n) is 7.17. The van der Waals surface area contributed by atoms with E-state index in [-0.39, 0.29) is 0 Å². The van der Waals surface area contributed by atoms with Crippen molar-refractivity contribution in [1.29, 1.82) is 0 Å². The van der Waals surface area contributed by atoms with Gasteiger partial charge in [-0.25, -0.2) is 0 Å². The van der Waals surface area contributed by atoms with Gasteiger partial charge in [0.2, 0.25) is 0 Å². The van der Waals surface area contributed by atoms with Gasteiger partial charge in [0.25, 0.3) is 0 Å². The average Bonchev–Trinajstić information content (AvgIpc) is 3.70. The number of benzene rings is 8. The van der Waals surface area contributed by atoms with Gasteiger partial charge in [0.1, 0.15) is 11.2 Å². The molecule has 0 saturated heterocycles. The van der Waals surface area contributed by atoms with Gasteiger partial charge in [0.15, 0.2) is 0 Å². The van der Waals surface area contributed by atoms with Crippen molar-refractivity contribution in [3.63, 3.8) is 0 Å². The molecule has 0 radical (unpaired) electrons. The third-order valence-electron chi connectivity index (χ3n) is 9.43. The Hall–Kier alpha value is -5.90. The summed E-state index contributed by atoms with van der Waals surface area (Å²) in [6, 6.07) is 59.1. The number of para-hydroxylation sites is 1. The standard InChI is InChI=1S/C44H27NOS/c1-2-9-28(10-3-1)29-19-22-32(23-20-29)45(40-14-8-13-36-35-12-5-7-16-43(35)47-44(36)40)33-24-21-30-17-18-31-25-42-39(27-38(31)37(30)26-33)34-11-4-6-15-41(34)46-42/h1-27H. The monoisotopic (exact) mass is 617 g/mol. The lowest BCUT2D eigenvalue weighted by Gasteiger charge is -2.27. The van der Waals surface area contributed by atoms with Crippen LogP contribution in [0.15, 0.2) is 168 Å². The maximum atomic E-state index is 6.25. The Morgan fingerprint density at radius 3 is 1.98 bits per heavy atom. The molecule has 0 atom stereocenters. The molecule has 220 valence electrons. The first-order valence-corrected chi connectivity index (χ1v) is 16.7. The molecule has 0 fully saturated rings. The summed E-state index contributed by atoms with van der Waals surface area (Å²) in [5, 5.41) is 9.72. The molecule has 0 spiro atoms. The summed E-state index contributed by atoms with van der Waals surface area (Å²) in [5.41, 5.74) is 7.69. The number of rotatable bonds is 4. The van der Waals surface area contributed by atoms with E-state index in [4.69, 9.17) is 4.42 Å². The molecule has 0 aliphatic carbocycles. The van der Waals surface area contributed by atoms with E-state index in [1.165, 1.54) is 58.5 Å². The minimum absolute atomic E-state index is 0.921. The van der Waals surface area contributed by atoms with Gasteiger partial charge >= 0.3 is 0 Å². The highest BCUT2D eigenvalue weighted by molar-refractivity contribution is 7.26. The van der Waals surface area contributed by atoms with E-state index in [9.17, 15) is 0 Å². The third kappa shape index (κ3) is 4.17. The van der Waals surface area contributed by atoms with E-state index in [0.29, 0.717) is 0 Å². The number of hydrogen-bond donors (Lipinski definition) is 0. The highest BCUT2D eigenvalue weighted by Gasteiger charge is 2.19. The summed E-state index contributed by atoms with van der Waals surface area (Å²) in [6.07, 6.45) is 0. The van der Waals surface area contributed by atoms with Crippen molar-refractivity contribution in [2.75, 3.05) is 4.90 Å². The topological polar surface area (TPSA) is 16.4 Å². The SMILES string of the molecule is c1ccc(-c2ccc(N(c3ccc4ccc5cc6oc7ccccc7c6cc5c4c3)c3cccc4c3sc3ccccc34)cc2)cc1. The van der Waals surface area contributed by atoms with Crippen molar-refractivity contribution in [1.82, 2.24) is 0 Å². The Labute approximate surface area is 275 Å². The van der Waals surface area contributed by atoms with Crippen LogP contribution in [0.2, 0.25) is 0 Å². The maximum absolute atomic E-state index is 6.25. The van der Waals surface area contributed by atoms with Gasteiger partial charge in [-0.1, -0.05) is 109 Å². The number of furan rings is 1. The van der Waals surface area contributed by atoms with Crippen LogP contribution in [0.4, 0.5) is 17.1 Å². The summed E-state index contributed by atoms with van der Waals surface area (Å²) < 4.78 is 8.83. The molecule has 8 aromatic carbocycles. The van der Waals surface area contributed by atoms with Gasteiger partial charge in [-0.15, -0.1) is 11.3 Å². The van der Waals surface area contributed by atoms with Crippen molar-refractivity contribution < 1.29 is 4.42 Å². The van der Waals surface area contributed by atoms with E-state index in [2.05, 4.69) is 157 Å². The number of thiophene rings is 1. The molecule has 0 aliphatic heterocycles. The molecule has 2 heterocycles. The Morgan fingerprint density at radius 1 is 0.404 bits per heavy atom. The molecule has 47 heavy (non-hydrogen) atoms. The first kappa shape index (κ1) is 26.3. The fraction of sp³-hybridized carbons (Fsp3) is 0. The van der Waals surface area contributed by atoms with Crippen LogP contribution in [0.25, 0.3) is 74.8 Å². The molecule has 0 N–H and O–H groups in total. The van der Waals surface area contributed by atoms with Crippen LogP contribution in [0.3, 0.4) is 0 Å². The third-order valence-corrected chi connectivity index (χ3v) is 10.6. The van der Waals surface area contributed by atoms with Gasteiger partial charge in [-0.2, -0.15) is 0 Å². The molecule has 0 amide bonds. The molecule has 0 unspecified atom stereocenters. The predicted molar refractivity (Wildman–Crippen MR) is 202 cm³/mol. The highest BCUT2D eigenvalue weighted by atomic mass is 32.1. The largest absolute Gasteiger partial charge is 0.456 e. The van der Waals surface area contributed by atoms with E-state index < -0.39 is 0 Å². The second-order valence-corrected chi connectivity index (χ2v) is 13.2. The van der Waals surface area contributed by atoms with Crippen LogP contribution >= 0.6 is 11.3 Å². The average molecular weight is 618 g/mol. The van der Waals surface area contributed by atoms with Gasteiger partial charge in [0.05, 0.1) is 10.4 Å². The molecule has 3 heteroatoms. The molecule has 2 aromatic heterocycles. The summed E-state index contributed by atoms with van der Waals surface area (Å²) in [5.74, 6) is 0. The van der Waals surface area contributed by atoms with E-state index >= 15 is 0 Å². The predicted octanol–water partition coefficient (Wildman–Crippen LogP) is 13.4. The minimum Gasteiger partial charge on any atom is -0.456 e. The minimum atomic E-state index is 0.921. The Bertz CT molecular complexity index is 2790. The van der Waals surface area contributed by atoms with Crippen molar-refractivity contribution in [3.05, 3.63) is 164 Å². The second kappa shape index (κ2) is 10.3. The molecule has 0 aliphatic rings. The molecule has 2 nitrogen and oxygen atoms in total. The lowest BCUT2D eigenvalue weighted by molar-refractivity contribution is 0.669. The molecule has 10 rings (SSSR count). The summed E-state index contributed by atoms with van der Waals surface area (Å²) in [7, 11) is 0. The lowest BCUT2D eigenvalue weighted by atomic mass is 9.98. The lowest BCUT2D eigenvalue weighted by Crippen LogP contribution is -2.10. The van der Waals surface area contributed by atoms with Crippen LogP contribution in [-0.2, 0) is 0 Å². The number of fused-ring (bicyclic) bond motifs is 9. The smallest absolute Gasteiger partial charge is 0.136 e. The molecule has 10 aromatic rings. The van der Waals surface area contributed by atoms with Crippen LogP contribution in [0.1, 0.15) is 0 Å². The van der Waals surface area contributed by atoms with E-state index in [1.54, 1.807) is 0 Å². The zero-order valence-corrected chi connectivity index (χ0v) is 26.2. The number of anilines is 3. The zero-order chi connectivity index (χ0) is 30.9. The van der Waals surface area contributed by atoms with Gasteiger partial charge in [0, 0.05) is 37.6 Å². The van der Waals surface area contributed by atoms with Crippen LogP contribution in [0.5, 0.6) is 0 Å². The highest BCUT2D eigenvalue weighted by Crippen LogP contribution is 2.46. The van der Waals surface area contributed by atoms with Crippen LogP contribution in [0, 0.1) is 0 Å². The van der Waals surface area contributed by atoms with Crippen molar-refractivity contribution in [3.8, 4) is 11.1 Å². The zero-order valence-electron chi connectivity index (χ0n) is 25.4. The summed E-state index contributed by atoms with van der Waals surface area (Å²) in [4.78, 5) is 2.43. The van der Waals surface area contributed by atoms with Crippen LogP contribution < -0.4 is 4.90 Å². The van der Waals surface area contributed by atoms with Crippen molar-refractivity contribution in [2.24, 2.45) is 0 Å². The Kier molecular flexibility index (Phi) is 5.78. The van der Waals surface area contributed by atoms with E-state index in [0.717, 1.165) is 33.3 Å². The number of nitrogens with zero attached hydrogens (tertiary/aromatic N) is 1. The van der Waals surface area contributed by atoms with Crippen LogP contribution in [-0.4, -0.2) is 0 Å². The summed E-state index contributed by atoms with van der Waals surface area (Å²) in [6.45, 7) is 0.